The summed E-state index contributed by atoms with van der Waals surface area (Å²) in [5.41, 5.74) is 2.56. The Morgan fingerprint density at radius 2 is 1.93 bits per heavy atom. The minimum Gasteiger partial charge on any atom is -0.494 e. The fraction of sp³-hybridized carbons (Fsp3) is 0.364. The van der Waals surface area contributed by atoms with E-state index in [9.17, 15) is 8.42 Å². The molecule has 0 N–H and O–H groups in total. The number of benzene rings is 1. The number of sulfonamides is 1. The Morgan fingerprint density at radius 1 is 1.14 bits per heavy atom. The number of rotatable bonds is 5. The SMILES string of the molecule is CCOc1ccc(S(=O)(=O)N2CCC(c3ccc4cccnc4n3)CC2)cc1C. The van der Waals surface area contributed by atoms with Gasteiger partial charge in [0.1, 0.15) is 5.75 Å². The average Bonchev–Trinajstić information content (AvgIpc) is 2.75. The van der Waals surface area contributed by atoms with E-state index in [2.05, 4.69) is 4.98 Å². The first-order chi connectivity index (χ1) is 14.0. The molecule has 1 aliphatic heterocycles. The van der Waals surface area contributed by atoms with Crippen LogP contribution in [-0.4, -0.2) is 42.4 Å². The van der Waals surface area contributed by atoms with Crippen LogP contribution in [0.5, 0.6) is 5.75 Å². The van der Waals surface area contributed by atoms with Gasteiger partial charge in [-0.2, -0.15) is 4.31 Å². The number of fused-ring (bicyclic) bond motifs is 1. The summed E-state index contributed by atoms with van der Waals surface area (Å²) in [6.45, 7) is 5.31. The molecule has 4 rings (SSSR count). The molecule has 1 aliphatic rings. The number of hydrogen-bond donors (Lipinski definition) is 0. The second-order valence-electron chi connectivity index (χ2n) is 7.32. The van der Waals surface area contributed by atoms with Gasteiger partial charge >= 0.3 is 0 Å². The maximum absolute atomic E-state index is 13.1. The van der Waals surface area contributed by atoms with Gasteiger partial charge in [-0.15, -0.1) is 0 Å². The predicted molar refractivity (Wildman–Crippen MR) is 113 cm³/mol. The van der Waals surface area contributed by atoms with Crippen molar-refractivity contribution in [3.63, 3.8) is 0 Å². The average molecular weight is 412 g/mol. The minimum atomic E-state index is -3.51. The van der Waals surface area contributed by atoms with E-state index in [1.165, 1.54) is 0 Å². The lowest BCUT2D eigenvalue weighted by Crippen LogP contribution is -2.38. The quantitative estimate of drug-likeness (QED) is 0.637. The summed E-state index contributed by atoms with van der Waals surface area (Å²) in [7, 11) is -3.51. The zero-order valence-corrected chi connectivity index (χ0v) is 17.5. The van der Waals surface area contributed by atoms with Gasteiger partial charge in [-0.3, -0.25) is 0 Å². The highest BCUT2D eigenvalue weighted by Crippen LogP contribution is 2.31. The Kier molecular flexibility index (Phi) is 5.52. The third kappa shape index (κ3) is 3.97. The maximum atomic E-state index is 13.1. The third-order valence-electron chi connectivity index (χ3n) is 5.44. The Morgan fingerprint density at radius 3 is 2.66 bits per heavy atom. The van der Waals surface area contributed by atoms with Crippen LogP contribution >= 0.6 is 0 Å². The molecule has 0 amide bonds. The minimum absolute atomic E-state index is 0.245. The van der Waals surface area contributed by atoms with Gasteiger partial charge in [0, 0.05) is 36.3 Å². The fourth-order valence-electron chi connectivity index (χ4n) is 3.84. The predicted octanol–water partition coefficient (Wildman–Crippen LogP) is 3.91. The largest absolute Gasteiger partial charge is 0.494 e. The molecule has 152 valence electrons. The van der Waals surface area contributed by atoms with E-state index in [1.807, 2.05) is 38.1 Å². The van der Waals surface area contributed by atoms with Crippen molar-refractivity contribution in [2.75, 3.05) is 19.7 Å². The van der Waals surface area contributed by atoms with E-state index < -0.39 is 10.0 Å². The van der Waals surface area contributed by atoms with Gasteiger partial charge in [-0.25, -0.2) is 18.4 Å². The zero-order chi connectivity index (χ0) is 20.4. The van der Waals surface area contributed by atoms with Crippen LogP contribution in [0.4, 0.5) is 0 Å². The molecular weight excluding hydrogens is 386 g/mol. The Bertz CT molecular complexity index is 1120. The molecule has 1 saturated heterocycles. The second kappa shape index (κ2) is 8.08. The molecule has 29 heavy (non-hydrogen) atoms. The van der Waals surface area contributed by atoms with Crippen LogP contribution in [0.25, 0.3) is 11.0 Å². The van der Waals surface area contributed by atoms with Crippen LogP contribution in [-0.2, 0) is 10.0 Å². The molecule has 1 fully saturated rings. The van der Waals surface area contributed by atoms with Crippen LogP contribution in [0.3, 0.4) is 0 Å². The number of nitrogens with zero attached hydrogens (tertiary/aromatic N) is 3. The molecule has 0 spiro atoms. The van der Waals surface area contributed by atoms with Gasteiger partial charge in [0.25, 0.3) is 0 Å². The van der Waals surface area contributed by atoms with Crippen LogP contribution in [0.2, 0.25) is 0 Å². The second-order valence-corrected chi connectivity index (χ2v) is 9.26. The molecule has 3 aromatic rings. The maximum Gasteiger partial charge on any atom is 0.243 e. The number of aryl methyl sites for hydroxylation is 1. The summed E-state index contributed by atoms with van der Waals surface area (Å²) in [5, 5.41) is 1.02. The molecule has 0 bridgehead atoms. The normalized spacial score (nSPS) is 16.2. The third-order valence-corrected chi connectivity index (χ3v) is 7.34. The summed E-state index contributed by atoms with van der Waals surface area (Å²) >= 11 is 0. The smallest absolute Gasteiger partial charge is 0.243 e. The number of aromatic nitrogens is 2. The van der Waals surface area contributed by atoms with Gasteiger partial charge < -0.3 is 4.74 Å². The number of pyridine rings is 2. The highest BCUT2D eigenvalue weighted by molar-refractivity contribution is 7.89. The molecule has 0 atom stereocenters. The van der Waals surface area contributed by atoms with E-state index in [1.54, 1.807) is 28.7 Å². The molecule has 0 saturated carbocycles. The fourth-order valence-corrected chi connectivity index (χ4v) is 5.39. The zero-order valence-electron chi connectivity index (χ0n) is 16.7. The monoisotopic (exact) mass is 411 g/mol. The number of ether oxygens (including phenoxy) is 1. The molecular formula is C22H25N3O3S. The standard InChI is InChI=1S/C22H25N3O3S/c1-3-28-21-9-7-19(15-16(21)2)29(26,27)25-13-10-17(11-14-25)20-8-6-18-5-4-12-23-22(18)24-20/h4-9,12,15,17H,3,10-11,13-14H2,1-2H3. The topological polar surface area (TPSA) is 72.4 Å². The summed E-state index contributed by atoms with van der Waals surface area (Å²) in [5.74, 6) is 0.969. The highest BCUT2D eigenvalue weighted by atomic mass is 32.2. The van der Waals surface area contributed by atoms with Gasteiger partial charge in [0.2, 0.25) is 10.0 Å². The van der Waals surface area contributed by atoms with Crippen molar-refractivity contribution in [3.05, 3.63) is 59.9 Å². The summed E-state index contributed by atoms with van der Waals surface area (Å²) in [6.07, 6.45) is 3.24. The first-order valence-corrected chi connectivity index (χ1v) is 11.4. The summed E-state index contributed by atoms with van der Waals surface area (Å²) in [4.78, 5) is 9.35. The first-order valence-electron chi connectivity index (χ1n) is 9.94. The van der Waals surface area contributed by atoms with Gasteiger partial charge in [0.15, 0.2) is 5.65 Å². The van der Waals surface area contributed by atoms with Gasteiger partial charge in [-0.05, 0) is 74.7 Å². The van der Waals surface area contributed by atoms with Crippen LogP contribution in [0.1, 0.15) is 36.9 Å². The van der Waals surface area contributed by atoms with Crippen LogP contribution < -0.4 is 4.74 Å². The molecule has 0 aliphatic carbocycles. The van der Waals surface area contributed by atoms with Crippen molar-refractivity contribution in [3.8, 4) is 5.75 Å². The van der Waals surface area contributed by atoms with Crippen molar-refractivity contribution in [1.82, 2.24) is 14.3 Å². The summed E-state index contributed by atoms with van der Waals surface area (Å²) in [6, 6.07) is 13.0. The Hall–Kier alpha value is -2.51. The van der Waals surface area contributed by atoms with Crippen LogP contribution in [0.15, 0.2) is 53.6 Å². The molecule has 2 aromatic heterocycles. The van der Waals surface area contributed by atoms with E-state index >= 15 is 0 Å². The highest BCUT2D eigenvalue weighted by Gasteiger charge is 2.30. The molecule has 3 heterocycles. The van der Waals surface area contributed by atoms with Crippen molar-refractivity contribution >= 4 is 21.1 Å². The molecule has 1 aromatic carbocycles. The number of piperidine rings is 1. The Labute approximate surface area is 171 Å². The van der Waals surface area contributed by atoms with Crippen molar-refractivity contribution in [1.29, 1.82) is 0 Å². The molecule has 0 unspecified atom stereocenters. The lowest BCUT2D eigenvalue weighted by atomic mass is 9.94. The van der Waals surface area contributed by atoms with Gasteiger partial charge in [0.05, 0.1) is 11.5 Å². The van der Waals surface area contributed by atoms with Crippen LogP contribution in [0, 0.1) is 6.92 Å². The van der Waals surface area contributed by atoms with Crippen molar-refractivity contribution in [2.45, 2.75) is 37.5 Å². The number of hydrogen-bond acceptors (Lipinski definition) is 5. The molecule has 6 nitrogen and oxygen atoms in total. The van der Waals surface area contributed by atoms with Gasteiger partial charge in [-0.1, -0.05) is 0 Å². The van der Waals surface area contributed by atoms with E-state index in [-0.39, 0.29) is 5.92 Å². The lowest BCUT2D eigenvalue weighted by molar-refractivity contribution is 0.316. The first kappa shape index (κ1) is 19.8. The van der Waals surface area contributed by atoms with E-state index in [4.69, 9.17) is 9.72 Å². The van der Waals surface area contributed by atoms with E-state index in [0.29, 0.717) is 24.6 Å². The summed E-state index contributed by atoms with van der Waals surface area (Å²) < 4.78 is 33.3. The van der Waals surface area contributed by atoms with Crippen molar-refractivity contribution < 1.29 is 13.2 Å². The van der Waals surface area contributed by atoms with Crippen molar-refractivity contribution in [2.24, 2.45) is 0 Å². The molecule has 0 radical (unpaired) electrons. The van der Waals surface area contributed by atoms with E-state index in [0.717, 1.165) is 40.9 Å². The Balaban J connectivity index is 1.48. The lowest BCUT2D eigenvalue weighted by Gasteiger charge is -2.31. The molecule has 7 heteroatoms.